The molecule has 1 aromatic heterocycles. The normalized spacial score (nSPS) is 12.0. The van der Waals surface area contributed by atoms with Gasteiger partial charge in [-0.2, -0.15) is 0 Å². The van der Waals surface area contributed by atoms with Crippen molar-refractivity contribution in [1.82, 2.24) is 4.98 Å². The Labute approximate surface area is 165 Å². The number of carbonyl (C=O) groups excluding carboxylic acids is 2. The number of benzene rings is 1. The van der Waals surface area contributed by atoms with Crippen LogP contribution >= 0.6 is 24.8 Å². The standard InChI is InChI=1S/C18H22N4O2.2ClH/c1-3-9-18(2,19)17(24)22-15-6-4-5-13(12-15)16(23)21-14-7-10-20-11-8-14;;/h4-8,10-12H,3,9,19H2,1-2H3,(H,22,24)(H,20,21,23);2*1H. The first-order chi connectivity index (χ1) is 11.4. The topological polar surface area (TPSA) is 97.1 Å². The summed E-state index contributed by atoms with van der Waals surface area (Å²) in [6.07, 6.45) is 4.60. The zero-order valence-corrected chi connectivity index (χ0v) is 16.3. The summed E-state index contributed by atoms with van der Waals surface area (Å²) in [4.78, 5) is 28.4. The van der Waals surface area contributed by atoms with Crippen LogP contribution in [0.2, 0.25) is 0 Å². The SMILES string of the molecule is CCCC(C)(N)C(=O)Nc1cccc(C(=O)Nc2ccncc2)c1.Cl.Cl. The van der Waals surface area contributed by atoms with E-state index in [2.05, 4.69) is 15.6 Å². The quantitative estimate of drug-likeness (QED) is 0.691. The Balaban J connectivity index is 0.00000312. The predicted molar refractivity (Wildman–Crippen MR) is 109 cm³/mol. The average molecular weight is 399 g/mol. The molecule has 1 heterocycles. The minimum Gasteiger partial charge on any atom is -0.324 e. The van der Waals surface area contributed by atoms with Crippen LogP contribution in [-0.4, -0.2) is 22.3 Å². The lowest BCUT2D eigenvalue weighted by atomic mass is 9.96. The second kappa shape index (κ2) is 10.8. The summed E-state index contributed by atoms with van der Waals surface area (Å²) in [6, 6.07) is 10.1. The van der Waals surface area contributed by atoms with E-state index in [1.807, 2.05) is 6.92 Å². The highest BCUT2D eigenvalue weighted by Crippen LogP contribution is 2.16. The molecule has 26 heavy (non-hydrogen) atoms. The van der Waals surface area contributed by atoms with Crippen molar-refractivity contribution in [2.24, 2.45) is 5.73 Å². The zero-order valence-electron chi connectivity index (χ0n) is 14.7. The molecule has 142 valence electrons. The van der Waals surface area contributed by atoms with Crippen molar-refractivity contribution >= 4 is 48.0 Å². The Kier molecular flexibility index (Phi) is 9.86. The maximum Gasteiger partial charge on any atom is 0.255 e. The van der Waals surface area contributed by atoms with Crippen LogP contribution in [0.3, 0.4) is 0 Å². The fourth-order valence-corrected chi connectivity index (χ4v) is 2.28. The van der Waals surface area contributed by atoms with Gasteiger partial charge in [-0.05, 0) is 43.7 Å². The molecule has 0 aliphatic carbocycles. The van der Waals surface area contributed by atoms with Crippen molar-refractivity contribution in [1.29, 1.82) is 0 Å². The van der Waals surface area contributed by atoms with Crippen molar-refractivity contribution in [2.45, 2.75) is 32.2 Å². The molecule has 8 heteroatoms. The molecule has 0 aliphatic rings. The van der Waals surface area contributed by atoms with Gasteiger partial charge >= 0.3 is 0 Å². The van der Waals surface area contributed by atoms with Crippen molar-refractivity contribution < 1.29 is 9.59 Å². The number of amides is 2. The third-order valence-corrected chi connectivity index (χ3v) is 3.61. The van der Waals surface area contributed by atoms with Gasteiger partial charge < -0.3 is 16.4 Å². The minimum absolute atomic E-state index is 0. The van der Waals surface area contributed by atoms with Crippen LogP contribution in [0, 0.1) is 0 Å². The summed E-state index contributed by atoms with van der Waals surface area (Å²) >= 11 is 0. The van der Waals surface area contributed by atoms with Gasteiger partial charge in [0.25, 0.3) is 5.91 Å². The number of carbonyl (C=O) groups is 2. The van der Waals surface area contributed by atoms with E-state index in [9.17, 15) is 9.59 Å². The summed E-state index contributed by atoms with van der Waals surface area (Å²) in [5.74, 6) is -0.530. The van der Waals surface area contributed by atoms with E-state index in [0.29, 0.717) is 23.4 Å². The smallest absolute Gasteiger partial charge is 0.255 e. The molecule has 1 atom stereocenters. The number of hydrogen-bond acceptors (Lipinski definition) is 4. The first kappa shape index (κ1) is 23.9. The van der Waals surface area contributed by atoms with E-state index < -0.39 is 5.54 Å². The molecule has 0 saturated carbocycles. The molecule has 0 radical (unpaired) electrons. The number of hydrogen-bond donors (Lipinski definition) is 3. The molecule has 0 fully saturated rings. The van der Waals surface area contributed by atoms with Gasteiger partial charge in [-0.1, -0.05) is 19.4 Å². The van der Waals surface area contributed by atoms with Gasteiger partial charge in [0.2, 0.25) is 5.91 Å². The maximum atomic E-state index is 12.3. The van der Waals surface area contributed by atoms with Crippen LogP contribution in [0.15, 0.2) is 48.8 Å². The number of aromatic nitrogens is 1. The summed E-state index contributed by atoms with van der Waals surface area (Å²) < 4.78 is 0. The minimum atomic E-state index is -0.940. The van der Waals surface area contributed by atoms with Crippen molar-refractivity contribution in [2.75, 3.05) is 10.6 Å². The highest BCUT2D eigenvalue weighted by molar-refractivity contribution is 6.05. The number of nitrogens with two attached hydrogens (primary N) is 1. The lowest BCUT2D eigenvalue weighted by Crippen LogP contribution is -2.48. The highest BCUT2D eigenvalue weighted by Gasteiger charge is 2.27. The van der Waals surface area contributed by atoms with E-state index in [-0.39, 0.29) is 36.6 Å². The monoisotopic (exact) mass is 398 g/mol. The molecular formula is C18H24Cl2N4O2. The van der Waals surface area contributed by atoms with E-state index in [0.717, 1.165) is 6.42 Å². The van der Waals surface area contributed by atoms with E-state index in [1.165, 1.54) is 0 Å². The van der Waals surface area contributed by atoms with Crippen LogP contribution < -0.4 is 16.4 Å². The van der Waals surface area contributed by atoms with Gasteiger partial charge in [0, 0.05) is 29.3 Å². The lowest BCUT2D eigenvalue weighted by Gasteiger charge is -2.23. The molecular weight excluding hydrogens is 375 g/mol. The zero-order chi connectivity index (χ0) is 17.6. The number of rotatable bonds is 6. The molecule has 4 N–H and O–H groups in total. The summed E-state index contributed by atoms with van der Waals surface area (Å²) in [5, 5.41) is 5.55. The van der Waals surface area contributed by atoms with Gasteiger partial charge in [0.15, 0.2) is 0 Å². The number of pyridine rings is 1. The van der Waals surface area contributed by atoms with E-state index >= 15 is 0 Å². The summed E-state index contributed by atoms with van der Waals surface area (Å²) in [6.45, 7) is 3.67. The second-order valence-electron chi connectivity index (χ2n) is 5.89. The largest absolute Gasteiger partial charge is 0.324 e. The summed E-state index contributed by atoms with van der Waals surface area (Å²) in [7, 11) is 0. The van der Waals surface area contributed by atoms with Gasteiger partial charge in [-0.3, -0.25) is 14.6 Å². The van der Waals surface area contributed by atoms with Gasteiger partial charge in [0.1, 0.15) is 0 Å². The second-order valence-corrected chi connectivity index (χ2v) is 5.89. The van der Waals surface area contributed by atoms with Crippen LogP contribution in [0.5, 0.6) is 0 Å². The molecule has 1 aromatic carbocycles. The fraction of sp³-hybridized carbons (Fsp3) is 0.278. The highest BCUT2D eigenvalue weighted by atomic mass is 35.5. The molecule has 0 spiro atoms. The first-order valence-corrected chi connectivity index (χ1v) is 7.84. The van der Waals surface area contributed by atoms with Crippen molar-refractivity contribution in [3.8, 4) is 0 Å². The van der Waals surface area contributed by atoms with Crippen LogP contribution in [0.25, 0.3) is 0 Å². The molecule has 2 aromatic rings. The third kappa shape index (κ3) is 6.63. The van der Waals surface area contributed by atoms with Crippen LogP contribution in [0.1, 0.15) is 37.0 Å². The van der Waals surface area contributed by atoms with Gasteiger partial charge in [-0.15, -0.1) is 24.8 Å². The number of anilines is 2. The van der Waals surface area contributed by atoms with Crippen LogP contribution in [-0.2, 0) is 4.79 Å². The Bertz CT molecular complexity index is 724. The molecule has 0 bridgehead atoms. The Morgan fingerprint density at radius 3 is 2.35 bits per heavy atom. The molecule has 6 nitrogen and oxygen atoms in total. The van der Waals surface area contributed by atoms with Gasteiger partial charge in [0.05, 0.1) is 5.54 Å². The molecule has 1 unspecified atom stereocenters. The van der Waals surface area contributed by atoms with Crippen molar-refractivity contribution in [3.63, 3.8) is 0 Å². The van der Waals surface area contributed by atoms with Crippen molar-refractivity contribution in [3.05, 3.63) is 54.4 Å². The average Bonchev–Trinajstić information content (AvgIpc) is 2.56. The summed E-state index contributed by atoms with van der Waals surface area (Å²) in [5.41, 5.74) is 6.72. The molecule has 0 aliphatic heterocycles. The number of nitrogens with zero attached hydrogens (tertiary/aromatic N) is 1. The maximum absolute atomic E-state index is 12.3. The Hall–Kier alpha value is -2.15. The van der Waals surface area contributed by atoms with Gasteiger partial charge in [-0.25, -0.2) is 0 Å². The third-order valence-electron chi connectivity index (χ3n) is 3.61. The molecule has 0 saturated heterocycles. The first-order valence-electron chi connectivity index (χ1n) is 7.84. The number of halogens is 2. The predicted octanol–water partition coefficient (Wildman–Crippen LogP) is 3.63. The Morgan fingerprint density at radius 2 is 1.73 bits per heavy atom. The van der Waals surface area contributed by atoms with E-state index in [4.69, 9.17) is 5.73 Å². The molecule has 2 rings (SSSR count). The number of nitrogens with one attached hydrogen (secondary N) is 2. The molecule has 2 amide bonds. The lowest BCUT2D eigenvalue weighted by molar-refractivity contribution is -0.120. The van der Waals surface area contributed by atoms with Crippen LogP contribution in [0.4, 0.5) is 11.4 Å². The van der Waals surface area contributed by atoms with E-state index in [1.54, 1.807) is 55.7 Å². The fourth-order valence-electron chi connectivity index (χ4n) is 2.28. The Morgan fingerprint density at radius 1 is 1.08 bits per heavy atom.